The molecule has 432 valence electrons. The third-order valence-electron chi connectivity index (χ3n) is 15.2. The number of nitrogens with one attached hydrogen (secondary N) is 1. The van der Waals surface area contributed by atoms with E-state index in [2.05, 4.69) is 43.0 Å². The first-order valence-electron chi connectivity index (χ1n) is 27.8. The summed E-state index contributed by atoms with van der Waals surface area (Å²) in [6.45, 7) is 8.22. The highest BCUT2D eigenvalue weighted by molar-refractivity contribution is 9.10. The van der Waals surface area contributed by atoms with Gasteiger partial charge in [0.1, 0.15) is 23.0 Å². The molecule has 0 aromatic heterocycles. The first-order valence-corrected chi connectivity index (χ1v) is 28.6. The number of benzene rings is 8. The fourth-order valence-corrected chi connectivity index (χ4v) is 11.0. The highest BCUT2D eigenvalue weighted by Crippen LogP contribution is 2.36. The van der Waals surface area contributed by atoms with Gasteiger partial charge in [-0.05, 0) is 182 Å². The molecule has 8 aromatic carbocycles. The van der Waals surface area contributed by atoms with Crippen molar-refractivity contribution in [2.75, 3.05) is 73.7 Å². The minimum absolute atomic E-state index is 0.0127. The molecule has 1 N–H and O–H groups in total. The Morgan fingerprint density at radius 2 is 0.831 bits per heavy atom. The molecule has 0 atom stereocenters. The van der Waals surface area contributed by atoms with E-state index < -0.39 is 0 Å². The minimum atomic E-state index is -0.347. The molecule has 2 heterocycles. The van der Waals surface area contributed by atoms with Gasteiger partial charge in [-0.1, -0.05) is 76.6 Å². The second kappa shape index (κ2) is 29.0. The van der Waals surface area contributed by atoms with Gasteiger partial charge in [0.05, 0.1) is 78.0 Å². The van der Waals surface area contributed by atoms with Gasteiger partial charge in [0.2, 0.25) is 0 Å². The van der Waals surface area contributed by atoms with Crippen LogP contribution < -0.4 is 29.2 Å². The van der Waals surface area contributed by atoms with Crippen LogP contribution in [0, 0.1) is 13.8 Å². The van der Waals surface area contributed by atoms with Crippen LogP contribution in [-0.4, -0.2) is 114 Å². The zero-order valence-corrected chi connectivity index (χ0v) is 50.1. The average molecular weight is 1190 g/mol. The Bertz CT molecular complexity index is 3470. The molecule has 83 heavy (non-hydrogen) atoms. The molecule has 2 aliphatic rings. The van der Waals surface area contributed by atoms with E-state index in [1.54, 1.807) is 64.8 Å². The number of amides is 2. The highest BCUT2D eigenvalue weighted by atomic mass is 79.9. The molecular formula is C68H73BrN4O10. The fourth-order valence-electron chi connectivity index (χ4n) is 10.8. The molecule has 2 saturated heterocycles. The van der Waals surface area contributed by atoms with Crippen LogP contribution in [0.1, 0.15) is 89.4 Å². The second-order valence-corrected chi connectivity index (χ2v) is 21.4. The summed E-state index contributed by atoms with van der Waals surface area (Å²) in [6.07, 6.45) is 3.45. The topological polar surface area (TPSA) is 145 Å². The van der Waals surface area contributed by atoms with Crippen LogP contribution in [0.4, 0.5) is 5.69 Å². The van der Waals surface area contributed by atoms with Crippen molar-refractivity contribution in [3.8, 4) is 23.0 Å². The Morgan fingerprint density at radius 1 is 0.470 bits per heavy atom. The molecule has 0 bridgehead atoms. The number of carbonyl (C=O) groups is 4. The van der Waals surface area contributed by atoms with E-state index >= 15 is 0 Å². The Hall–Kier alpha value is -8.40. The molecule has 0 saturated carbocycles. The van der Waals surface area contributed by atoms with Crippen molar-refractivity contribution >= 4 is 66.9 Å². The van der Waals surface area contributed by atoms with Gasteiger partial charge < -0.3 is 48.4 Å². The number of carbonyl (C=O) groups excluding carboxylic acids is 4. The maximum absolute atomic E-state index is 14.2. The number of esters is 2. The van der Waals surface area contributed by atoms with Crippen molar-refractivity contribution in [3.63, 3.8) is 0 Å². The number of halogens is 1. The zero-order chi connectivity index (χ0) is 59.0. The molecule has 2 fully saturated rings. The molecule has 8 aromatic rings. The number of piperidine rings is 2. The maximum Gasteiger partial charge on any atom is 0.337 e. The summed E-state index contributed by atoms with van der Waals surface area (Å²) >= 11 is 3.26. The van der Waals surface area contributed by atoms with E-state index in [1.165, 1.54) is 14.2 Å². The van der Waals surface area contributed by atoms with Crippen molar-refractivity contribution in [2.24, 2.45) is 0 Å². The number of fused-ring (bicyclic) bond motifs is 2. The first-order chi connectivity index (χ1) is 40.2. The minimum Gasteiger partial charge on any atom is -0.496 e. The van der Waals surface area contributed by atoms with E-state index in [9.17, 15) is 19.2 Å². The quantitative estimate of drug-likeness (QED) is 0.0975. The van der Waals surface area contributed by atoms with E-state index in [1.807, 2.05) is 133 Å². The predicted molar refractivity (Wildman–Crippen MR) is 331 cm³/mol. The molecule has 0 unspecified atom stereocenters. The largest absolute Gasteiger partial charge is 0.496 e. The summed E-state index contributed by atoms with van der Waals surface area (Å²) in [6, 6.07) is 50.7. The molecule has 15 heteroatoms. The smallest absolute Gasteiger partial charge is 0.337 e. The Kier molecular flexibility index (Phi) is 21.2. The Balaban J connectivity index is 0.000000188. The lowest BCUT2D eigenvalue weighted by atomic mass is 9.98. The standard InChI is InChI=1S/C34H36N2O5.C26H30N2O3.C8H7BrO2/c1-23-19-31(39-2)30(32(20-23)40-3)22-36(33(37)27-10-9-24-7-5-6-8-26(24)21-27)29-15-17-35(18-16-29)28-13-11-25(12-14-28)34(38)41-4;1-18-14-24(30-2)23(25(15-18)31-3)17-28(22-10-12-27-13-11-22)26(29)21-9-8-19-6-4-5-7-20(19)16-21;1-11-8(10)6-2-4-7(9)5-3-6/h5-14,19-21,29H,15-18,22H2,1-4H3;4-9,14-16,22,27H,10-13,17H2,1-3H3;2-5H,1H3. The van der Waals surface area contributed by atoms with E-state index in [4.69, 9.17) is 23.7 Å². The first kappa shape index (κ1) is 60.7. The van der Waals surface area contributed by atoms with Crippen molar-refractivity contribution in [1.82, 2.24) is 15.1 Å². The molecule has 0 radical (unpaired) electrons. The SMILES string of the molecule is COC(=O)c1ccc(Br)cc1.COC(=O)c1ccc(N2CCC(N(Cc3c(OC)cc(C)cc3OC)C(=O)c3ccc4ccccc4c3)CC2)cc1.COc1cc(C)cc(OC)c1CN(C(=O)c1ccc2ccccc2c1)C1CCNCC1. The van der Waals surface area contributed by atoms with Crippen LogP contribution >= 0.6 is 15.9 Å². The number of nitrogens with zero attached hydrogens (tertiary/aromatic N) is 3. The van der Waals surface area contributed by atoms with E-state index in [0.717, 1.165) is 117 Å². The van der Waals surface area contributed by atoms with Crippen molar-refractivity contribution in [1.29, 1.82) is 0 Å². The lowest BCUT2D eigenvalue weighted by Crippen LogP contribution is -2.47. The van der Waals surface area contributed by atoms with Crippen LogP contribution in [0.5, 0.6) is 23.0 Å². The van der Waals surface area contributed by atoms with Gasteiger partial charge in [-0.15, -0.1) is 0 Å². The molecule has 0 spiro atoms. The number of rotatable bonds is 15. The van der Waals surface area contributed by atoms with Gasteiger partial charge in [0, 0.05) is 46.5 Å². The third-order valence-corrected chi connectivity index (χ3v) is 15.8. The number of ether oxygens (including phenoxy) is 6. The summed E-state index contributed by atoms with van der Waals surface area (Å²) < 4.78 is 33.1. The Morgan fingerprint density at radius 3 is 1.22 bits per heavy atom. The molecule has 2 amide bonds. The third kappa shape index (κ3) is 15.2. The molecular weight excluding hydrogens is 1110 g/mol. The maximum atomic E-state index is 14.2. The van der Waals surface area contributed by atoms with Gasteiger partial charge >= 0.3 is 11.9 Å². The van der Waals surface area contributed by atoms with Gasteiger partial charge in [-0.25, -0.2) is 9.59 Å². The molecule has 2 aliphatic heterocycles. The summed E-state index contributed by atoms with van der Waals surface area (Å²) in [5.41, 5.74) is 7.36. The lowest BCUT2D eigenvalue weighted by Gasteiger charge is -2.40. The number of aryl methyl sites for hydroxylation is 2. The molecule has 0 aliphatic carbocycles. The highest BCUT2D eigenvalue weighted by Gasteiger charge is 2.32. The van der Waals surface area contributed by atoms with Crippen LogP contribution in [0.15, 0.2) is 162 Å². The van der Waals surface area contributed by atoms with Crippen molar-refractivity contribution in [2.45, 2.75) is 64.7 Å². The summed E-state index contributed by atoms with van der Waals surface area (Å²) in [4.78, 5) is 57.0. The number of methoxy groups -OCH3 is 6. The van der Waals surface area contributed by atoms with Gasteiger partial charge in [0.25, 0.3) is 11.8 Å². The second-order valence-electron chi connectivity index (χ2n) is 20.5. The van der Waals surface area contributed by atoms with Crippen LogP contribution in [0.3, 0.4) is 0 Å². The predicted octanol–water partition coefficient (Wildman–Crippen LogP) is 13.1. The normalized spacial score (nSPS) is 13.3. The average Bonchev–Trinajstić information content (AvgIpc) is 3.72. The fraction of sp³-hybridized carbons (Fsp3) is 0.294. The number of hydrogen-bond donors (Lipinski definition) is 1. The number of anilines is 1. The monoisotopic (exact) mass is 1180 g/mol. The van der Waals surface area contributed by atoms with Crippen LogP contribution in [0.25, 0.3) is 21.5 Å². The van der Waals surface area contributed by atoms with Gasteiger partial charge in [-0.2, -0.15) is 0 Å². The summed E-state index contributed by atoms with van der Waals surface area (Å²) in [5, 5.41) is 7.75. The summed E-state index contributed by atoms with van der Waals surface area (Å²) in [5.74, 6) is 2.30. The summed E-state index contributed by atoms with van der Waals surface area (Å²) in [7, 11) is 9.38. The zero-order valence-electron chi connectivity index (χ0n) is 48.5. The van der Waals surface area contributed by atoms with Gasteiger partial charge in [0.15, 0.2) is 0 Å². The molecule has 14 nitrogen and oxygen atoms in total. The van der Waals surface area contributed by atoms with Crippen molar-refractivity contribution in [3.05, 3.63) is 207 Å². The van der Waals surface area contributed by atoms with Crippen molar-refractivity contribution < 1.29 is 47.6 Å². The van der Waals surface area contributed by atoms with E-state index in [0.29, 0.717) is 46.8 Å². The lowest BCUT2D eigenvalue weighted by molar-refractivity contribution is 0.0592. The van der Waals surface area contributed by atoms with E-state index in [-0.39, 0.29) is 35.8 Å². The van der Waals surface area contributed by atoms with Crippen LogP contribution in [-0.2, 0) is 22.6 Å². The van der Waals surface area contributed by atoms with Crippen LogP contribution in [0.2, 0.25) is 0 Å². The number of hydrogen-bond acceptors (Lipinski definition) is 12. The molecule has 10 rings (SSSR count). The van der Waals surface area contributed by atoms with Gasteiger partial charge in [-0.3, -0.25) is 9.59 Å². The Labute approximate surface area is 495 Å².